The molecule has 3 atom stereocenters. The Kier molecular flexibility index (Phi) is 11.5. The molecule has 3 unspecified atom stereocenters. The van der Waals surface area contributed by atoms with Crippen molar-refractivity contribution in [2.24, 2.45) is 11.7 Å². The van der Waals surface area contributed by atoms with E-state index in [0.29, 0.717) is 18.2 Å². The van der Waals surface area contributed by atoms with Crippen LogP contribution in [0.5, 0.6) is 0 Å². The maximum atomic E-state index is 12.3. The Morgan fingerprint density at radius 1 is 1.17 bits per heavy atom. The summed E-state index contributed by atoms with van der Waals surface area (Å²) in [4.78, 5) is 17.0. The molecular formula is C17H35Cl2N3O. The van der Waals surface area contributed by atoms with Gasteiger partial charge in [0, 0.05) is 38.1 Å². The normalized spacial score (nSPS) is 26.8. The fraction of sp³-hybridized carbons (Fsp3) is 0.941. The Hall–Kier alpha value is -0.0300. The van der Waals surface area contributed by atoms with Crippen LogP contribution in [0.25, 0.3) is 0 Å². The molecule has 2 rings (SSSR count). The molecule has 0 radical (unpaired) electrons. The van der Waals surface area contributed by atoms with Crippen LogP contribution in [0.4, 0.5) is 0 Å². The van der Waals surface area contributed by atoms with Gasteiger partial charge in [0.15, 0.2) is 0 Å². The van der Waals surface area contributed by atoms with E-state index in [2.05, 4.69) is 16.7 Å². The van der Waals surface area contributed by atoms with Crippen molar-refractivity contribution in [1.82, 2.24) is 9.80 Å². The van der Waals surface area contributed by atoms with Crippen LogP contribution in [-0.2, 0) is 4.79 Å². The van der Waals surface area contributed by atoms with Gasteiger partial charge in [-0.15, -0.1) is 24.8 Å². The molecule has 2 N–H and O–H groups in total. The minimum absolute atomic E-state index is 0. The number of hydrogen-bond donors (Lipinski definition) is 1. The van der Waals surface area contributed by atoms with Crippen molar-refractivity contribution in [3.05, 3.63) is 0 Å². The van der Waals surface area contributed by atoms with Crippen molar-refractivity contribution in [3.63, 3.8) is 0 Å². The van der Waals surface area contributed by atoms with Gasteiger partial charge in [-0.25, -0.2) is 0 Å². The number of amides is 1. The molecular weight excluding hydrogens is 333 g/mol. The number of carbonyl (C=O) groups is 1. The smallest absolute Gasteiger partial charge is 0.222 e. The third-order valence-corrected chi connectivity index (χ3v) is 5.12. The molecule has 2 aliphatic heterocycles. The molecule has 2 fully saturated rings. The Morgan fingerprint density at radius 3 is 2.57 bits per heavy atom. The van der Waals surface area contributed by atoms with Crippen LogP contribution < -0.4 is 5.73 Å². The second-order valence-electron chi connectivity index (χ2n) is 7.20. The van der Waals surface area contributed by atoms with Crippen molar-refractivity contribution in [3.8, 4) is 0 Å². The number of likely N-dealkylation sites (tertiary alicyclic amines) is 2. The number of nitrogens with zero attached hydrogens (tertiary/aromatic N) is 2. The summed E-state index contributed by atoms with van der Waals surface area (Å²) >= 11 is 0. The molecule has 0 spiro atoms. The predicted molar refractivity (Wildman–Crippen MR) is 102 cm³/mol. The lowest BCUT2D eigenvalue weighted by Crippen LogP contribution is -2.46. The first kappa shape index (κ1) is 23.0. The summed E-state index contributed by atoms with van der Waals surface area (Å²) in [6, 6.07) is 0.853. The highest BCUT2D eigenvalue weighted by Gasteiger charge is 2.27. The van der Waals surface area contributed by atoms with E-state index in [1.54, 1.807) is 0 Å². The SMILES string of the molecule is CC(N)CCC(=O)N1CCCC(CN2CCCCC2C)C1.Cl.Cl. The van der Waals surface area contributed by atoms with Gasteiger partial charge in [0.1, 0.15) is 0 Å². The van der Waals surface area contributed by atoms with Gasteiger partial charge in [-0.2, -0.15) is 0 Å². The van der Waals surface area contributed by atoms with E-state index in [0.717, 1.165) is 32.0 Å². The van der Waals surface area contributed by atoms with Gasteiger partial charge in [-0.3, -0.25) is 4.79 Å². The molecule has 0 aliphatic carbocycles. The van der Waals surface area contributed by atoms with Gasteiger partial charge in [0.05, 0.1) is 0 Å². The van der Waals surface area contributed by atoms with E-state index in [1.165, 1.54) is 38.8 Å². The van der Waals surface area contributed by atoms with Gasteiger partial charge in [-0.05, 0) is 58.4 Å². The summed E-state index contributed by atoms with van der Waals surface area (Å²) in [6.07, 6.45) is 7.92. The van der Waals surface area contributed by atoms with Gasteiger partial charge in [-0.1, -0.05) is 6.42 Å². The highest BCUT2D eigenvalue weighted by Crippen LogP contribution is 2.23. The van der Waals surface area contributed by atoms with Gasteiger partial charge in [0.25, 0.3) is 0 Å². The lowest BCUT2D eigenvalue weighted by atomic mass is 9.94. The summed E-state index contributed by atoms with van der Waals surface area (Å²) in [7, 11) is 0. The summed E-state index contributed by atoms with van der Waals surface area (Å²) in [5, 5.41) is 0. The maximum absolute atomic E-state index is 12.3. The fourth-order valence-corrected chi connectivity index (χ4v) is 3.71. The average Bonchev–Trinajstić information content (AvgIpc) is 2.47. The van der Waals surface area contributed by atoms with E-state index in [4.69, 9.17) is 5.73 Å². The van der Waals surface area contributed by atoms with Crippen LogP contribution in [0.15, 0.2) is 0 Å². The fourth-order valence-electron chi connectivity index (χ4n) is 3.71. The molecule has 4 nitrogen and oxygen atoms in total. The maximum Gasteiger partial charge on any atom is 0.222 e. The zero-order valence-electron chi connectivity index (χ0n) is 14.7. The second kappa shape index (κ2) is 11.5. The first-order valence-corrected chi connectivity index (χ1v) is 8.83. The third kappa shape index (κ3) is 7.59. The Bertz CT molecular complexity index is 342. The van der Waals surface area contributed by atoms with Crippen molar-refractivity contribution in [2.45, 2.75) is 70.9 Å². The van der Waals surface area contributed by atoms with E-state index in [9.17, 15) is 4.79 Å². The molecule has 0 bridgehead atoms. The summed E-state index contributed by atoms with van der Waals surface area (Å²) in [5.41, 5.74) is 5.76. The zero-order chi connectivity index (χ0) is 15.2. The van der Waals surface area contributed by atoms with Crippen molar-refractivity contribution < 1.29 is 4.79 Å². The van der Waals surface area contributed by atoms with E-state index < -0.39 is 0 Å². The van der Waals surface area contributed by atoms with Crippen LogP contribution in [0.2, 0.25) is 0 Å². The van der Waals surface area contributed by atoms with Gasteiger partial charge >= 0.3 is 0 Å². The second-order valence-corrected chi connectivity index (χ2v) is 7.20. The third-order valence-electron chi connectivity index (χ3n) is 5.12. The molecule has 1 amide bonds. The average molecular weight is 368 g/mol. The Balaban J connectivity index is 0.00000242. The largest absolute Gasteiger partial charge is 0.342 e. The molecule has 138 valence electrons. The summed E-state index contributed by atoms with van der Waals surface area (Å²) in [6.45, 7) is 8.66. The van der Waals surface area contributed by atoms with Crippen LogP contribution in [0.1, 0.15) is 58.8 Å². The van der Waals surface area contributed by atoms with Crippen molar-refractivity contribution >= 4 is 30.7 Å². The van der Waals surface area contributed by atoms with Crippen LogP contribution in [0.3, 0.4) is 0 Å². The number of carbonyl (C=O) groups excluding carboxylic acids is 1. The molecule has 0 saturated carbocycles. The minimum atomic E-state index is 0. The molecule has 2 saturated heterocycles. The Morgan fingerprint density at radius 2 is 1.91 bits per heavy atom. The molecule has 0 aromatic carbocycles. The minimum Gasteiger partial charge on any atom is -0.342 e. The predicted octanol–water partition coefficient (Wildman–Crippen LogP) is 3.07. The highest BCUT2D eigenvalue weighted by molar-refractivity contribution is 5.85. The van der Waals surface area contributed by atoms with E-state index >= 15 is 0 Å². The monoisotopic (exact) mass is 367 g/mol. The zero-order valence-corrected chi connectivity index (χ0v) is 16.3. The quantitative estimate of drug-likeness (QED) is 0.811. The van der Waals surface area contributed by atoms with Crippen molar-refractivity contribution in [2.75, 3.05) is 26.2 Å². The number of piperidine rings is 2. The molecule has 0 aromatic rings. The molecule has 6 heteroatoms. The standard InChI is InChI=1S/C17H33N3O.2ClH/c1-14(18)8-9-17(21)20-11-5-7-16(13-20)12-19-10-4-3-6-15(19)2;;/h14-16H,3-13,18H2,1-2H3;2*1H. The summed E-state index contributed by atoms with van der Waals surface area (Å²) in [5.74, 6) is 0.974. The summed E-state index contributed by atoms with van der Waals surface area (Å²) < 4.78 is 0. The first-order valence-electron chi connectivity index (χ1n) is 8.83. The number of nitrogens with two attached hydrogens (primary N) is 1. The molecule has 0 aromatic heterocycles. The van der Waals surface area contributed by atoms with Crippen LogP contribution in [0, 0.1) is 5.92 Å². The van der Waals surface area contributed by atoms with E-state index in [-0.39, 0.29) is 30.9 Å². The lowest BCUT2D eigenvalue weighted by molar-refractivity contribution is -0.133. The topological polar surface area (TPSA) is 49.6 Å². The van der Waals surface area contributed by atoms with Crippen LogP contribution in [-0.4, -0.2) is 54.0 Å². The molecule has 2 heterocycles. The molecule has 2 aliphatic rings. The van der Waals surface area contributed by atoms with Gasteiger partial charge in [0.2, 0.25) is 5.91 Å². The first-order chi connectivity index (χ1) is 10.1. The van der Waals surface area contributed by atoms with E-state index in [1.807, 2.05) is 6.92 Å². The number of rotatable bonds is 5. The van der Waals surface area contributed by atoms with Crippen molar-refractivity contribution in [1.29, 1.82) is 0 Å². The highest BCUT2D eigenvalue weighted by atomic mass is 35.5. The lowest BCUT2D eigenvalue weighted by Gasteiger charge is -2.39. The Labute approximate surface area is 154 Å². The van der Waals surface area contributed by atoms with Gasteiger partial charge < -0.3 is 15.5 Å². The number of hydrogen-bond acceptors (Lipinski definition) is 3. The molecule has 23 heavy (non-hydrogen) atoms. The van der Waals surface area contributed by atoms with Crippen LogP contribution >= 0.6 is 24.8 Å². The number of halogens is 2.